The van der Waals surface area contributed by atoms with E-state index < -0.39 is 0 Å². The molecule has 0 fully saturated rings. The molecule has 0 amide bonds. The summed E-state index contributed by atoms with van der Waals surface area (Å²) in [5.74, 6) is 0. The maximum absolute atomic E-state index is 4.56. The lowest BCUT2D eigenvalue weighted by Crippen LogP contribution is -2.15. The Morgan fingerprint density at radius 3 is 2.94 bits per heavy atom. The van der Waals surface area contributed by atoms with Crippen molar-refractivity contribution in [1.29, 1.82) is 0 Å². The second kappa shape index (κ2) is 8.70. The van der Waals surface area contributed by atoms with Crippen LogP contribution in [0.2, 0.25) is 0 Å². The number of alkyl halides is 1. The Balaban J connectivity index is 2.16. The van der Waals surface area contributed by atoms with Gasteiger partial charge in [-0.15, -0.1) is 0 Å². The summed E-state index contributed by atoms with van der Waals surface area (Å²) in [6.45, 7) is 6.36. The number of halogens is 1. The molecule has 1 heterocycles. The maximum Gasteiger partial charge on any atom is 0.0762 e. The molecule has 0 spiro atoms. The van der Waals surface area contributed by atoms with Crippen LogP contribution in [0, 0.1) is 0 Å². The Labute approximate surface area is 113 Å². The van der Waals surface area contributed by atoms with Crippen LogP contribution in [0.3, 0.4) is 0 Å². The lowest BCUT2D eigenvalue weighted by molar-refractivity contribution is 0.471. The minimum atomic E-state index is 0.502. The summed E-state index contributed by atoms with van der Waals surface area (Å²) >= 11 is 3.45. The first-order valence-corrected chi connectivity index (χ1v) is 7.70. The molecule has 0 aliphatic rings. The van der Waals surface area contributed by atoms with Gasteiger partial charge in [-0.2, -0.15) is 5.10 Å². The number of unbranched alkanes of at least 4 members (excludes halogenated alkanes) is 2. The molecule has 0 aliphatic heterocycles. The van der Waals surface area contributed by atoms with Crippen molar-refractivity contribution in [2.24, 2.45) is 0 Å². The van der Waals surface area contributed by atoms with Gasteiger partial charge in [-0.1, -0.05) is 29.3 Å². The Hall–Kier alpha value is -0.350. The van der Waals surface area contributed by atoms with E-state index in [0.29, 0.717) is 6.04 Å². The van der Waals surface area contributed by atoms with Gasteiger partial charge in [0, 0.05) is 24.1 Å². The van der Waals surface area contributed by atoms with Gasteiger partial charge in [0.25, 0.3) is 0 Å². The van der Waals surface area contributed by atoms with Gasteiger partial charge in [0.1, 0.15) is 0 Å². The van der Waals surface area contributed by atoms with E-state index in [1.807, 2.05) is 0 Å². The zero-order valence-corrected chi connectivity index (χ0v) is 12.5. The van der Waals surface area contributed by atoms with E-state index in [2.05, 4.69) is 57.1 Å². The molecule has 3 nitrogen and oxygen atoms in total. The van der Waals surface area contributed by atoms with E-state index in [4.69, 9.17) is 0 Å². The summed E-state index contributed by atoms with van der Waals surface area (Å²) in [6.07, 6.45) is 7.01. The third-order valence-corrected chi connectivity index (χ3v) is 3.56. The molecule has 1 N–H and O–H groups in total. The Bertz CT molecular complexity index is 299. The highest BCUT2D eigenvalue weighted by Gasteiger charge is 2.03. The SMILES string of the molecule is CCC(C)n1ccc(CNCCCCCBr)n1. The van der Waals surface area contributed by atoms with Crippen LogP contribution in [-0.4, -0.2) is 21.7 Å². The van der Waals surface area contributed by atoms with Crippen LogP contribution in [0.25, 0.3) is 0 Å². The minimum absolute atomic E-state index is 0.502. The maximum atomic E-state index is 4.56. The predicted molar refractivity (Wildman–Crippen MR) is 76.6 cm³/mol. The predicted octanol–water partition coefficient (Wildman–Crippen LogP) is 3.51. The quantitative estimate of drug-likeness (QED) is 0.559. The van der Waals surface area contributed by atoms with Crippen molar-refractivity contribution in [3.8, 4) is 0 Å². The first kappa shape index (κ1) is 14.7. The molecular formula is C13H24BrN3. The molecule has 0 bridgehead atoms. The molecule has 98 valence electrons. The van der Waals surface area contributed by atoms with Crippen LogP contribution in [0.15, 0.2) is 12.3 Å². The minimum Gasteiger partial charge on any atom is -0.311 e. The van der Waals surface area contributed by atoms with E-state index in [0.717, 1.165) is 30.5 Å². The fourth-order valence-electron chi connectivity index (χ4n) is 1.64. The molecule has 4 heteroatoms. The van der Waals surface area contributed by atoms with E-state index in [-0.39, 0.29) is 0 Å². The Kier molecular flexibility index (Phi) is 7.53. The zero-order valence-electron chi connectivity index (χ0n) is 11.0. The summed E-state index contributed by atoms with van der Waals surface area (Å²) < 4.78 is 2.06. The normalized spacial score (nSPS) is 12.9. The lowest BCUT2D eigenvalue weighted by atomic mass is 10.2. The van der Waals surface area contributed by atoms with E-state index in [1.54, 1.807) is 0 Å². The second-order valence-corrected chi connectivity index (χ2v) is 5.26. The van der Waals surface area contributed by atoms with Gasteiger partial charge < -0.3 is 5.32 Å². The Morgan fingerprint density at radius 2 is 2.24 bits per heavy atom. The smallest absolute Gasteiger partial charge is 0.0762 e. The molecule has 0 radical (unpaired) electrons. The highest BCUT2D eigenvalue weighted by molar-refractivity contribution is 9.09. The highest BCUT2D eigenvalue weighted by Crippen LogP contribution is 2.08. The number of nitrogens with zero attached hydrogens (tertiary/aromatic N) is 2. The molecule has 1 atom stereocenters. The van der Waals surface area contributed by atoms with Crippen LogP contribution in [0.5, 0.6) is 0 Å². The average molecular weight is 302 g/mol. The van der Waals surface area contributed by atoms with Crippen molar-refractivity contribution in [2.45, 2.75) is 52.1 Å². The molecule has 1 aromatic heterocycles. The molecular weight excluding hydrogens is 278 g/mol. The van der Waals surface area contributed by atoms with Gasteiger partial charge >= 0.3 is 0 Å². The molecule has 1 rings (SSSR count). The van der Waals surface area contributed by atoms with E-state index in [1.165, 1.54) is 19.3 Å². The lowest BCUT2D eigenvalue weighted by Gasteiger charge is -2.08. The van der Waals surface area contributed by atoms with Crippen LogP contribution >= 0.6 is 15.9 Å². The van der Waals surface area contributed by atoms with Crippen molar-refractivity contribution in [3.05, 3.63) is 18.0 Å². The summed E-state index contributed by atoms with van der Waals surface area (Å²) in [7, 11) is 0. The third-order valence-electron chi connectivity index (χ3n) is 3.00. The number of hydrogen-bond acceptors (Lipinski definition) is 2. The van der Waals surface area contributed by atoms with Gasteiger partial charge in [0.15, 0.2) is 0 Å². The van der Waals surface area contributed by atoms with Gasteiger partial charge in [0.05, 0.1) is 5.69 Å². The topological polar surface area (TPSA) is 29.9 Å². The van der Waals surface area contributed by atoms with Crippen LogP contribution in [0.4, 0.5) is 0 Å². The molecule has 1 unspecified atom stereocenters. The summed E-state index contributed by atoms with van der Waals surface area (Å²) in [6, 6.07) is 2.61. The van der Waals surface area contributed by atoms with Gasteiger partial charge in [-0.05, 0) is 38.8 Å². The van der Waals surface area contributed by atoms with Crippen LogP contribution in [0.1, 0.15) is 51.3 Å². The zero-order chi connectivity index (χ0) is 12.5. The highest BCUT2D eigenvalue weighted by atomic mass is 79.9. The van der Waals surface area contributed by atoms with Crippen molar-refractivity contribution in [1.82, 2.24) is 15.1 Å². The van der Waals surface area contributed by atoms with Gasteiger partial charge in [-0.25, -0.2) is 0 Å². The molecule has 1 aromatic rings. The van der Waals surface area contributed by atoms with Crippen molar-refractivity contribution < 1.29 is 0 Å². The molecule has 0 saturated heterocycles. The first-order chi connectivity index (χ1) is 8.27. The molecule has 0 aromatic carbocycles. The van der Waals surface area contributed by atoms with Gasteiger partial charge in [-0.3, -0.25) is 4.68 Å². The van der Waals surface area contributed by atoms with E-state index in [9.17, 15) is 0 Å². The Morgan fingerprint density at radius 1 is 1.41 bits per heavy atom. The second-order valence-electron chi connectivity index (χ2n) is 4.47. The molecule has 0 aliphatic carbocycles. The number of rotatable bonds is 9. The largest absolute Gasteiger partial charge is 0.311 e. The van der Waals surface area contributed by atoms with Gasteiger partial charge in [0.2, 0.25) is 0 Å². The van der Waals surface area contributed by atoms with Crippen molar-refractivity contribution in [2.75, 3.05) is 11.9 Å². The third kappa shape index (κ3) is 5.68. The standard InChI is InChI=1S/C13H24BrN3/c1-3-12(2)17-10-7-13(16-17)11-15-9-6-4-5-8-14/h7,10,12,15H,3-6,8-9,11H2,1-2H3. The van der Waals surface area contributed by atoms with Crippen molar-refractivity contribution in [3.63, 3.8) is 0 Å². The van der Waals surface area contributed by atoms with E-state index >= 15 is 0 Å². The monoisotopic (exact) mass is 301 g/mol. The molecule has 0 saturated carbocycles. The summed E-state index contributed by atoms with van der Waals surface area (Å²) in [5.41, 5.74) is 1.14. The number of nitrogens with one attached hydrogen (secondary N) is 1. The number of hydrogen-bond donors (Lipinski definition) is 1. The molecule has 17 heavy (non-hydrogen) atoms. The summed E-state index contributed by atoms with van der Waals surface area (Å²) in [5, 5.41) is 9.12. The fourth-order valence-corrected chi connectivity index (χ4v) is 2.04. The van der Waals surface area contributed by atoms with Crippen LogP contribution < -0.4 is 5.32 Å². The van der Waals surface area contributed by atoms with Crippen LogP contribution in [-0.2, 0) is 6.54 Å². The fraction of sp³-hybridized carbons (Fsp3) is 0.769. The first-order valence-electron chi connectivity index (χ1n) is 6.58. The number of aromatic nitrogens is 2. The van der Waals surface area contributed by atoms with Crippen molar-refractivity contribution >= 4 is 15.9 Å². The summed E-state index contributed by atoms with van der Waals surface area (Å²) in [4.78, 5) is 0. The average Bonchev–Trinajstić information content (AvgIpc) is 2.81.